The zero-order valence-electron chi connectivity index (χ0n) is 16.1. The monoisotopic (exact) mass is 393 g/mol. The molecular weight excluding hydrogens is 370 g/mol. The molecule has 0 saturated carbocycles. The van der Waals surface area contributed by atoms with Crippen molar-refractivity contribution in [2.24, 2.45) is 0 Å². The van der Waals surface area contributed by atoms with Gasteiger partial charge in [-0.3, -0.25) is 14.6 Å². The maximum atomic E-state index is 13.0. The Labute approximate surface area is 167 Å². The fourth-order valence-corrected chi connectivity index (χ4v) is 4.12. The van der Waals surface area contributed by atoms with Crippen LogP contribution in [-0.4, -0.2) is 58.6 Å². The number of carbonyl (C=O) groups excluding carboxylic acids is 1. The molecule has 2 aliphatic rings. The predicted molar refractivity (Wildman–Crippen MR) is 109 cm³/mol. The Morgan fingerprint density at radius 3 is 2.86 bits per heavy atom. The van der Waals surface area contributed by atoms with Crippen LogP contribution in [0.2, 0.25) is 0 Å². The normalized spacial score (nSPS) is 16.8. The largest absolute Gasteiger partial charge is 0.378 e. The van der Waals surface area contributed by atoms with E-state index in [4.69, 9.17) is 9.72 Å². The van der Waals surface area contributed by atoms with Gasteiger partial charge in [-0.1, -0.05) is 18.2 Å². The summed E-state index contributed by atoms with van der Waals surface area (Å²) in [6, 6.07) is 7.98. The predicted octanol–water partition coefficient (Wildman–Crippen LogP) is 1.22. The first-order chi connectivity index (χ1) is 14.2. The topological polar surface area (TPSA) is 94.3 Å². The number of hydrogen-bond acceptors (Lipinski definition) is 5. The molecule has 0 spiro atoms. The number of nitrogens with zero attached hydrogens (tertiary/aromatic N) is 3. The SMILES string of the molecule is O=C(Cc1c[nH]c2ccccc12)N1CCc2c(nc(N3CCOCC3)[nH]c2=O)C1. The molecule has 3 aromatic rings. The molecule has 2 aromatic heterocycles. The number of benzene rings is 1. The molecule has 1 saturated heterocycles. The quantitative estimate of drug-likeness (QED) is 0.698. The third-order valence-corrected chi connectivity index (χ3v) is 5.74. The minimum absolute atomic E-state index is 0.0513. The number of carbonyl (C=O) groups is 1. The third kappa shape index (κ3) is 3.40. The van der Waals surface area contributed by atoms with Crippen molar-refractivity contribution in [3.05, 3.63) is 57.6 Å². The van der Waals surface area contributed by atoms with Gasteiger partial charge in [-0.05, 0) is 18.1 Å². The smallest absolute Gasteiger partial charge is 0.255 e. The van der Waals surface area contributed by atoms with E-state index >= 15 is 0 Å². The van der Waals surface area contributed by atoms with E-state index in [-0.39, 0.29) is 11.5 Å². The van der Waals surface area contributed by atoms with Crippen molar-refractivity contribution in [1.82, 2.24) is 19.9 Å². The van der Waals surface area contributed by atoms with Crippen LogP contribution >= 0.6 is 0 Å². The molecule has 0 radical (unpaired) electrons. The maximum Gasteiger partial charge on any atom is 0.255 e. The van der Waals surface area contributed by atoms with Gasteiger partial charge in [0.1, 0.15) is 0 Å². The number of para-hydroxylation sites is 1. The maximum absolute atomic E-state index is 13.0. The van der Waals surface area contributed by atoms with Crippen LogP contribution in [0.3, 0.4) is 0 Å². The Balaban J connectivity index is 1.36. The fourth-order valence-electron chi connectivity index (χ4n) is 4.12. The number of aromatic amines is 2. The first-order valence-corrected chi connectivity index (χ1v) is 9.96. The van der Waals surface area contributed by atoms with Gasteiger partial charge in [0.15, 0.2) is 0 Å². The van der Waals surface area contributed by atoms with Crippen LogP contribution in [0.4, 0.5) is 5.95 Å². The highest BCUT2D eigenvalue weighted by molar-refractivity contribution is 5.89. The van der Waals surface area contributed by atoms with Gasteiger partial charge in [0.2, 0.25) is 11.9 Å². The van der Waals surface area contributed by atoms with Gasteiger partial charge in [0, 0.05) is 42.3 Å². The molecular formula is C21H23N5O3. The summed E-state index contributed by atoms with van der Waals surface area (Å²) in [5.41, 5.74) is 3.32. The molecule has 8 nitrogen and oxygen atoms in total. The van der Waals surface area contributed by atoms with Crippen LogP contribution < -0.4 is 10.5 Å². The number of aromatic nitrogens is 3. The van der Waals surface area contributed by atoms with Gasteiger partial charge in [-0.25, -0.2) is 4.98 Å². The standard InChI is InChI=1S/C21H23N5O3/c27-19(11-14-12-22-17-4-2-1-3-15(14)17)26-6-5-16-18(13-26)23-21(24-20(16)28)25-7-9-29-10-8-25/h1-4,12,22H,5-11,13H2,(H,23,24,28). The third-order valence-electron chi connectivity index (χ3n) is 5.74. The molecule has 0 atom stereocenters. The average molecular weight is 393 g/mol. The second kappa shape index (κ2) is 7.36. The first-order valence-electron chi connectivity index (χ1n) is 9.96. The number of anilines is 1. The molecule has 8 heteroatoms. The number of amides is 1. The summed E-state index contributed by atoms with van der Waals surface area (Å²) in [5.74, 6) is 0.624. The van der Waals surface area contributed by atoms with Crippen molar-refractivity contribution in [1.29, 1.82) is 0 Å². The Bertz CT molecular complexity index is 1110. The van der Waals surface area contributed by atoms with E-state index < -0.39 is 0 Å². The van der Waals surface area contributed by atoms with Crippen LogP contribution in [0.5, 0.6) is 0 Å². The molecule has 2 N–H and O–H groups in total. The minimum atomic E-state index is -0.0970. The lowest BCUT2D eigenvalue weighted by atomic mass is 10.0. The zero-order valence-corrected chi connectivity index (χ0v) is 16.1. The van der Waals surface area contributed by atoms with E-state index in [0.717, 1.165) is 16.5 Å². The number of rotatable bonds is 3. The van der Waals surface area contributed by atoms with E-state index in [0.29, 0.717) is 69.4 Å². The Morgan fingerprint density at radius 2 is 2.00 bits per heavy atom. The second-order valence-electron chi connectivity index (χ2n) is 7.52. The number of morpholine rings is 1. The van der Waals surface area contributed by atoms with Crippen molar-refractivity contribution in [2.45, 2.75) is 19.4 Å². The Kier molecular flexibility index (Phi) is 4.55. The lowest BCUT2D eigenvalue weighted by Gasteiger charge is -2.31. The van der Waals surface area contributed by atoms with Gasteiger partial charge >= 0.3 is 0 Å². The van der Waals surface area contributed by atoms with Crippen LogP contribution in [0.15, 0.2) is 35.3 Å². The number of nitrogens with one attached hydrogen (secondary N) is 2. The van der Waals surface area contributed by atoms with E-state index in [1.165, 1.54) is 0 Å². The molecule has 150 valence electrons. The second-order valence-corrected chi connectivity index (χ2v) is 7.52. The van der Waals surface area contributed by atoms with E-state index in [1.807, 2.05) is 35.4 Å². The van der Waals surface area contributed by atoms with Gasteiger partial charge in [-0.15, -0.1) is 0 Å². The van der Waals surface area contributed by atoms with E-state index in [2.05, 4.69) is 9.97 Å². The molecule has 0 aliphatic carbocycles. The molecule has 0 unspecified atom stereocenters. The number of H-pyrrole nitrogens is 2. The average Bonchev–Trinajstić information content (AvgIpc) is 3.17. The molecule has 1 aromatic carbocycles. The summed E-state index contributed by atoms with van der Waals surface area (Å²) < 4.78 is 5.38. The van der Waals surface area contributed by atoms with E-state index in [9.17, 15) is 9.59 Å². The number of ether oxygens (including phenoxy) is 1. The summed E-state index contributed by atoms with van der Waals surface area (Å²) in [5, 5.41) is 1.07. The highest BCUT2D eigenvalue weighted by Gasteiger charge is 2.26. The van der Waals surface area contributed by atoms with Crippen molar-refractivity contribution in [3.63, 3.8) is 0 Å². The van der Waals surface area contributed by atoms with Crippen LogP contribution in [0, 0.1) is 0 Å². The number of fused-ring (bicyclic) bond motifs is 2. The van der Waals surface area contributed by atoms with Crippen molar-refractivity contribution in [2.75, 3.05) is 37.7 Å². The lowest BCUT2D eigenvalue weighted by Crippen LogP contribution is -2.42. The summed E-state index contributed by atoms with van der Waals surface area (Å²) in [4.78, 5) is 40.2. The fraction of sp³-hybridized carbons (Fsp3) is 0.381. The summed E-state index contributed by atoms with van der Waals surface area (Å²) in [6.07, 6.45) is 2.76. The van der Waals surface area contributed by atoms with E-state index in [1.54, 1.807) is 4.90 Å². The molecule has 0 bridgehead atoms. The zero-order chi connectivity index (χ0) is 19.8. The summed E-state index contributed by atoms with van der Waals surface area (Å²) in [7, 11) is 0. The highest BCUT2D eigenvalue weighted by Crippen LogP contribution is 2.21. The van der Waals surface area contributed by atoms with Gasteiger partial charge in [-0.2, -0.15) is 0 Å². The summed E-state index contributed by atoms with van der Waals surface area (Å²) >= 11 is 0. The lowest BCUT2D eigenvalue weighted by molar-refractivity contribution is -0.131. The molecule has 2 aliphatic heterocycles. The molecule has 4 heterocycles. The van der Waals surface area contributed by atoms with Crippen molar-refractivity contribution >= 4 is 22.8 Å². The Hall–Kier alpha value is -3.13. The van der Waals surface area contributed by atoms with Crippen molar-refractivity contribution < 1.29 is 9.53 Å². The molecule has 1 fully saturated rings. The molecule has 5 rings (SSSR count). The van der Waals surface area contributed by atoms with Crippen LogP contribution in [0.1, 0.15) is 16.8 Å². The number of hydrogen-bond donors (Lipinski definition) is 2. The minimum Gasteiger partial charge on any atom is -0.378 e. The van der Waals surface area contributed by atoms with Crippen LogP contribution in [0.25, 0.3) is 10.9 Å². The van der Waals surface area contributed by atoms with Crippen LogP contribution in [-0.2, 0) is 28.9 Å². The molecule has 29 heavy (non-hydrogen) atoms. The van der Waals surface area contributed by atoms with Gasteiger partial charge in [0.05, 0.1) is 31.9 Å². The first kappa shape index (κ1) is 17.9. The Morgan fingerprint density at radius 1 is 1.17 bits per heavy atom. The summed E-state index contributed by atoms with van der Waals surface area (Å²) in [6.45, 7) is 3.55. The highest BCUT2D eigenvalue weighted by atomic mass is 16.5. The molecule has 1 amide bonds. The van der Waals surface area contributed by atoms with Gasteiger partial charge < -0.3 is 19.5 Å². The van der Waals surface area contributed by atoms with Gasteiger partial charge in [0.25, 0.3) is 5.56 Å². The van der Waals surface area contributed by atoms with Crippen molar-refractivity contribution in [3.8, 4) is 0 Å².